The first-order valence-electron chi connectivity index (χ1n) is 6.75. The summed E-state index contributed by atoms with van der Waals surface area (Å²) >= 11 is 0. The molecule has 1 N–H and O–H groups in total. The highest BCUT2D eigenvalue weighted by Gasteiger charge is 2.06. The molecular formula is C16H17N3O. The molecule has 4 nitrogen and oxygen atoms in total. The number of aromatic nitrogens is 2. The minimum atomic E-state index is 0.444. The molecule has 0 radical (unpaired) electrons. The number of fused-ring (bicyclic) bond motifs is 1. The Kier molecular flexibility index (Phi) is 3.48. The van der Waals surface area contributed by atoms with E-state index in [4.69, 9.17) is 4.42 Å². The Morgan fingerprint density at radius 1 is 1.05 bits per heavy atom. The van der Waals surface area contributed by atoms with Crippen LogP contribution in [0.1, 0.15) is 19.6 Å². The lowest BCUT2D eigenvalue weighted by molar-refractivity contribution is 0.473. The zero-order valence-corrected chi connectivity index (χ0v) is 11.6. The van der Waals surface area contributed by atoms with Crippen LogP contribution in [-0.2, 0) is 6.54 Å². The van der Waals surface area contributed by atoms with E-state index in [2.05, 4.69) is 29.1 Å². The zero-order chi connectivity index (χ0) is 13.9. The first-order valence-corrected chi connectivity index (χ1v) is 6.75. The molecule has 0 spiro atoms. The van der Waals surface area contributed by atoms with E-state index in [0.29, 0.717) is 6.04 Å². The van der Waals surface area contributed by atoms with E-state index < -0.39 is 0 Å². The molecule has 0 bridgehead atoms. The maximum atomic E-state index is 5.86. The molecule has 0 amide bonds. The quantitative estimate of drug-likeness (QED) is 0.787. The third-order valence-corrected chi connectivity index (χ3v) is 3.10. The summed E-state index contributed by atoms with van der Waals surface area (Å²) in [7, 11) is 0. The van der Waals surface area contributed by atoms with Crippen molar-refractivity contribution in [3.8, 4) is 11.3 Å². The summed E-state index contributed by atoms with van der Waals surface area (Å²) in [5.74, 6) is 1.80. The van der Waals surface area contributed by atoms with Crippen LogP contribution in [0.5, 0.6) is 0 Å². The summed E-state index contributed by atoms with van der Waals surface area (Å²) < 4.78 is 5.86. The highest BCUT2D eigenvalue weighted by molar-refractivity contribution is 5.79. The molecule has 102 valence electrons. The number of hydrogen-bond donors (Lipinski definition) is 1. The summed E-state index contributed by atoms with van der Waals surface area (Å²) in [6.07, 6.45) is 3.40. The summed E-state index contributed by atoms with van der Waals surface area (Å²) in [5.41, 5.74) is 2.79. The van der Waals surface area contributed by atoms with Crippen LogP contribution in [0.25, 0.3) is 22.4 Å². The smallest absolute Gasteiger partial charge is 0.134 e. The molecule has 0 aliphatic carbocycles. The zero-order valence-electron chi connectivity index (χ0n) is 11.6. The van der Waals surface area contributed by atoms with Crippen molar-refractivity contribution in [1.82, 2.24) is 15.3 Å². The third-order valence-electron chi connectivity index (χ3n) is 3.10. The topological polar surface area (TPSA) is 51.0 Å². The van der Waals surface area contributed by atoms with E-state index >= 15 is 0 Å². The van der Waals surface area contributed by atoms with Gasteiger partial charge in [0.1, 0.15) is 11.5 Å². The molecule has 20 heavy (non-hydrogen) atoms. The standard InChI is InChI=1S/C16H17N3O/c1-11(2)19-10-13-4-6-16(20-13)12-3-5-14-15(9-12)18-8-7-17-14/h3-9,11,19H,10H2,1-2H3. The third kappa shape index (κ3) is 2.70. The number of benzene rings is 1. The average Bonchev–Trinajstić information content (AvgIpc) is 2.93. The monoisotopic (exact) mass is 267 g/mol. The maximum Gasteiger partial charge on any atom is 0.134 e. The predicted octanol–water partition coefficient (Wildman–Crippen LogP) is 3.39. The molecular weight excluding hydrogens is 250 g/mol. The van der Waals surface area contributed by atoms with Gasteiger partial charge in [-0.3, -0.25) is 9.97 Å². The molecule has 2 aromatic heterocycles. The van der Waals surface area contributed by atoms with Crippen molar-refractivity contribution in [1.29, 1.82) is 0 Å². The van der Waals surface area contributed by atoms with Gasteiger partial charge in [-0.05, 0) is 30.3 Å². The van der Waals surface area contributed by atoms with Crippen molar-refractivity contribution in [3.05, 3.63) is 48.5 Å². The van der Waals surface area contributed by atoms with Crippen molar-refractivity contribution in [2.24, 2.45) is 0 Å². The highest BCUT2D eigenvalue weighted by Crippen LogP contribution is 2.24. The second kappa shape index (κ2) is 5.43. The molecule has 4 heteroatoms. The van der Waals surface area contributed by atoms with Crippen LogP contribution in [0.15, 0.2) is 47.1 Å². The van der Waals surface area contributed by atoms with E-state index in [1.165, 1.54) is 0 Å². The molecule has 0 atom stereocenters. The lowest BCUT2D eigenvalue weighted by atomic mass is 10.1. The van der Waals surface area contributed by atoms with Gasteiger partial charge in [-0.1, -0.05) is 13.8 Å². The molecule has 0 fully saturated rings. The summed E-state index contributed by atoms with van der Waals surface area (Å²) in [6.45, 7) is 4.97. The number of nitrogens with one attached hydrogen (secondary N) is 1. The second-order valence-corrected chi connectivity index (χ2v) is 5.06. The van der Waals surface area contributed by atoms with Crippen molar-refractivity contribution in [2.75, 3.05) is 0 Å². The first kappa shape index (κ1) is 12.8. The van der Waals surface area contributed by atoms with Crippen molar-refractivity contribution in [2.45, 2.75) is 26.4 Å². The van der Waals surface area contributed by atoms with Gasteiger partial charge >= 0.3 is 0 Å². The van der Waals surface area contributed by atoms with E-state index in [1.807, 2.05) is 30.3 Å². The average molecular weight is 267 g/mol. The van der Waals surface area contributed by atoms with E-state index in [9.17, 15) is 0 Å². The second-order valence-electron chi connectivity index (χ2n) is 5.06. The highest BCUT2D eigenvalue weighted by atomic mass is 16.3. The molecule has 3 aromatic rings. The number of furan rings is 1. The number of nitrogens with zero attached hydrogens (tertiary/aromatic N) is 2. The molecule has 2 heterocycles. The Hall–Kier alpha value is -2.20. The van der Waals surface area contributed by atoms with Crippen LogP contribution in [0.3, 0.4) is 0 Å². The molecule has 3 rings (SSSR count). The normalized spacial score (nSPS) is 11.3. The predicted molar refractivity (Wildman–Crippen MR) is 79.2 cm³/mol. The molecule has 0 saturated carbocycles. The maximum absolute atomic E-state index is 5.86. The fourth-order valence-electron chi connectivity index (χ4n) is 2.05. The largest absolute Gasteiger partial charge is 0.460 e. The first-order chi connectivity index (χ1) is 9.72. The SMILES string of the molecule is CC(C)NCc1ccc(-c2ccc3nccnc3c2)o1. The molecule has 1 aromatic carbocycles. The number of rotatable bonds is 4. The van der Waals surface area contributed by atoms with Crippen LogP contribution in [0.4, 0.5) is 0 Å². The van der Waals surface area contributed by atoms with Crippen molar-refractivity contribution < 1.29 is 4.42 Å². The minimum Gasteiger partial charge on any atom is -0.460 e. The Morgan fingerprint density at radius 2 is 1.85 bits per heavy atom. The fraction of sp³-hybridized carbons (Fsp3) is 0.250. The van der Waals surface area contributed by atoms with E-state index in [-0.39, 0.29) is 0 Å². The van der Waals surface area contributed by atoms with Gasteiger partial charge < -0.3 is 9.73 Å². The van der Waals surface area contributed by atoms with Crippen LogP contribution >= 0.6 is 0 Å². The van der Waals surface area contributed by atoms with Gasteiger partial charge in [0, 0.05) is 24.0 Å². The number of hydrogen-bond acceptors (Lipinski definition) is 4. The Labute approximate surface area is 117 Å². The summed E-state index contributed by atoms with van der Waals surface area (Å²) in [5, 5.41) is 3.34. The van der Waals surface area contributed by atoms with E-state index in [0.717, 1.165) is 34.7 Å². The van der Waals surface area contributed by atoms with Crippen molar-refractivity contribution >= 4 is 11.0 Å². The Balaban J connectivity index is 1.87. The van der Waals surface area contributed by atoms with Crippen LogP contribution in [-0.4, -0.2) is 16.0 Å². The van der Waals surface area contributed by atoms with Gasteiger partial charge in [0.25, 0.3) is 0 Å². The molecule has 0 aliphatic heterocycles. The minimum absolute atomic E-state index is 0.444. The Morgan fingerprint density at radius 3 is 2.65 bits per heavy atom. The van der Waals surface area contributed by atoms with Crippen LogP contribution in [0, 0.1) is 0 Å². The molecule has 0 aliphatic rings. The van der Waals surface area contributed by atoms with Crippen LogP contribution in [0.2, 0.25) is 0 Å². The van der Waals surface area contributed by atoms with Gasteiger partial charge in [-0.2, -0.15) is 0 Å². The van der Waals surface area contributed by atoms with Crippen LogP contribution < -0.4 is 5.32 Å². The van der Waals surface area contributed by atoms with Gasteiger partial charge in [-0.25, -0.2) is 0 Å². The molecule has 0 saturated heterocycles. The van der Waals surface area contributed by atoms with E-state index in [1.54, 1.807) is 12.4 Å². The van der Waals surface area contributed by atoms with Gasteiger partial charge in [0.2, 0.25) is 0 Å². The lowest BCUT2D eigenvalue weighted by Crippen LogP contribution is -2.21. The fourth-order valence-corrected chi connectivity index (χ4v) is 2.05. The summed E-state index contributed by atoms with van der Waals surface area (Å²) in [4.78, 5) is 8.58. The lowest BCUT2D eigenvalue weighted by Gasteiger charge is -2.05. The van der Waals surface area contributed by atoms with Gasteiger partial charge in [0.15, 0.2) is 0 Å². The van der Waals surface area contributed by atoms with Gasteiger partial charge in [0.05, 0.1) is 17.6 Å². The molecule has 0 unspecified atom stereocenters. The van der Waals surface area contributed by atoms with Crippen molar-refractivity contribution in [3.63, 3.8) is 0 Å². The summed E-state index contributed by atoms with van der Waals surface area (Å²) in [6, 6.07) is 10.4. The van der Waals surface area contributed by atoms with Gasteiger partial charge in [-0.15, -0.1) is 0 Å². The Bertz CT molecular complexity index is 718.